The summed E-state index contributed by atoms with van der Waals surface area (Å²) in [6, 6.07) is 19.7. The fraction of sp³-hybridized carbons (Fsp3) is 0.267. The van der Waals surface area contributed by atoms with E-state index in [2.05, 4.69) is 0 Å². The number of aliphatic hydroxyl groups is 1. The number of ether oxygens (including phenoxy) is 1. The highest BCUT2D eigenvalue weighted by Gasteiger charge is 2.47. The lowest BCUT2D eigenvalue weighted by molar-refractivity contribution is -0.132. The second-order valence-corrected chi connectivity index (χ2v) is 9.14. The van der Waals surface area contributed by atoms with Gasteiger partial charge in [0.15, 0.2) is 0 Å². The molecule has 5 heteroatoms. The second-order valence-electron chi connectivity index (χ2n) is 9.14. The largest absolute Gasteiger partial charge is 0.507 e. The fourth-order valence-corrected chi connectivity index (χ4v) is 4.62. The van der Waals surface area contributed by atoms with Gasteiger partial charge >= 0.3 is 0 Å². The Kier molecular flexibility index (Phi) is 6.79. The van der Waals surface area contributed by atoms with E-state index in [1.165, 1.54) is 4.90 Å². The van der Waals surface area contributed by atoms with Gasteiger partial charge in [0, 0.05) is 11.3 Å². The Hall–Kier alpha value is -3.86. The molecular weight excluding hydrogens is 438 g/mol. The standard InChI is InChI=1S/C30H31NO4/c1-6-35-25-16-15-22(17-23(25)18(2)3)28(32)26-27(21-12-8-7-9-13-21)31(30(34)29(26)33)24-14-10-11-19(4)20(24)5/h7-18,27,32H,6H2,1-5H3/b28-26+. The molecule has 1 atom stereocenters. The molecule has 3 aromatic carbocycles. The Morgan fingerprint density at radius 3 is 2.37 bits per heavy atom. The first-order valence-corrected chi connectivity index (χ1v) is 12.0. The number of nitrogens with zero attached hydrogens (tertiary/aromatic N) is 1. The number of hydrogen-bond donors (Lipinski definition) is 1. The summed E-state index contributed by atoms with van der Waals surface area (Å²) in [5, 5.41) is 11.5. The number of aliphatic hydroxyl groups excluding tert-OH is 1. The number of carbonyl (C=O) groups is 2. The molecule has 35 heavy (non-hydrogen) atoms. The number of ketones is 1. The van der Waals surface area contributed by atoms with Crippen molar-refractivity contribution in [3.8, 4) is 5.75 Å². The van der Waals surface area contributed by atoms with Crippen molar-refractivity contribution in [1.82, 2.24) is 0 Å². The molecule has 0 aliphatic carbocycles. The summed E-state index contributed by atoms with van der Waals surface area (Å²) in [5.41, 5.74) is 4.84. The first-order chi connectivity index (χ1) is 16.8. The van der Waals surface area contributed by atoms with Gasteiger partial charge in [0.25, 0.3) is 11.7 Å². The number of rotatable bonds is 6. The summed E-state index contributed by atoms with van der Waals surface area (Å²) < 4.78 is 5.76. The van der Waals surface area contributed by atoms with Crippen LogP contribution in [0.4, 0.5) is 5.69 Å². The Bertz CT molecular complexity index is 1310. The SMILES string of the molecule is CCOc1ccc(/C(O)=C2\C(=O)C(=O)N(c3cccc(C)c3C)C2c2ccccc2)cc1C(C)C. The normalized spacial score (nSPS) is 17.3. The molecule has 3 aromatic rings. The highest BCUT2D eigenvalue weighted by molar-refractivity contribution is 6.51. The van der Waals surface area contributed by atoms with Crippen molar-refractivity contribution in [2.24, 2.45) is 0 Å². The summed E-state index contributed by atoms with van der Waals surface area (Å²) in [6.45, 7) is 10.5. The van der Waals surface area contributed by atoms with Crippen LogP contribution in [0.25, 0.3) is 5.76 Å². The predicted molar refractivity (Wildman–Crippen MR) is 139 cm³/mol. The van der Waals surface area contributed by atoms with Crippen molar-refractivity contribution in [2.75, 3.05) is 11.5 Å². The second kappa shape index (κ2) is 9.79. The lowest BCUT2D eigenvalue weighted by atomic mass is 9.93. The van der Waals surface area contributed by atoms with Gasteiger partial charge in [0.2, 0.25) is 0 Å². The minimum absolute atomic E-state index is 0.0842. The molecular formula is C30H31NO4. The minimum Gasteiger partial charge on any atom is -0.507 e. The zero-order chi connectivity index (χ0) is 25.3. The molecule has 1 heterocycles. The maximum absolute atomic E-state index is 13.4. The van der Waals surface area contributed by atoms with Crippen LogP contribution in [0.5, 0.6) is 5.75 Å². The van der Waals surface area contributed by atoms with E-state index in [9.17, 15) is 14.7 Å². The Balaban J connectivity index is 1.95. The van der Waals surface area contributed by atoms with Crippen LogP contribution in [-0.4, -0.2) is 23.4 Å². The van der Waals surface area contributed by atoms with E-state index in [4.69, 9.17) is 4.74 Å². The van der Waals surface area contributed by atoms with E-state index in [0.717, 1.165) is 28.0 Å². The van der Waals surface area contributed by atoms with Crippen LogP contribution < -0.4 is 9.64 Å². The molecule has 0 bridgehead atoms. The highest BCUT2D eigenvalue weighted by Crippen LogP contribution is 2.44. The van der Waals surface area contributed by atoms with Gasteiger partial charge < -0.3 is 9.84 Å². The molecule has 0 saturated carbocycles. The van der Waals surface area contributed by atoms with Crippen molar-refractivity contribution in [3.05, 3.63) is 100 Å². The van der Waals surface area contributed by atoms with Gasteiger partial charge in [-0.3, -0.25) is 14.5 Å². The van der Waals surface area contributed by atoms with E-state index < -0.39 is 17.7 Å². The molecule has 1 N–H and O–H groups in total. The van der Waals surface area contributed by atoms with Crippen LogP contribution >= 0.6 is 0 Å². The lowest BCUT2D eigenvalue weighted by Gasteiger charge is -2.27. The van der Waals surface area contributed by atoms with Crippen molar-refractivity contribution >= 4 is 23.1 Å². The third kappa shape index (κ3) is 4.34. The summed E-state index contributed by atoms with van der Waals surface area (Å²) >= 11 is 0. The molecule has 0 radical (unpaired) electrons. The van der Waals surface area contributed by atoms with Crippen LogP contribution in [0.1, 0.15) is 60.5 Å². The van der Waals surface area contributed by atoms with Crippen LogP contribution in [0, 0.1) is 13.8 Å². The quantitative estimate of drug-likeness (QED) is 0.256. The highest BCUT2D eigenvalue weighted by atomic mass is 16.5. The molecule has 1 amide bonds. The van der Waals surface area contributed by atoms with Crippen molar-refractivity contribution in [3.63, 3.8) is 0 Å². The molecule has 1 fully saturated rings. The topological polar surface area (TPSA) is 66.8 Å². The first kappa shape index (κ1) is 24.3. The number of amides is 1. The first-order valence-electron chi connectivity index (χ1n) is 12.0. The summed E-state index contributed by atoms with van der Waals surface area (Å²) in [6.07, 6.45) is 0. The molecule has 1 aliphatic rings. The van der Waals surface area contributed by atoms with E-state index in [1.54, 1.807) is 6.07 Å². The van der Waals surface area contributed by atoms with Crippen LogP contribution in [0.15, 0.2) is 72.3 Å². The molecule has 1 aliphatic heterocycles. The average molecular weight is 470 g/mol. The smallest absolute Gasteiger partial charge is 0.300 e. The zero-order valence-electron chi connectivity index (χ0n) is 20.8. The average Bonchev–Trinajstić information content (AvgIpc) is 3.11. The molecule has 180 valence electrons. The number of benzene rings is 3. The maximum atomic E-state index is 13.4. The number of anilines is 1. The number of carbonyl (C=O) groups excluding carboxylic acids is 2. The fourth-order valence-electron chi connectivity index (χ4n) is 4.62. The van der Waals surface area contributed by atoms with Gasteiger partial charge in [-0.1, -0.05) is 56.3 Å². The number of Topliss-reactive ketones (excluding diaryl/α,β-unsaturated/α-hetero) is 1. The minimum atomic E-state index is -0.745. The van der Waals surface area contributed by atoms with Crippen molar-refractivity contribution < 1.29 is 19.4 Å². The van der Waals surface area contributed by atoms with Gasteiger partial charge in [-0.15, -0.1) is 0 Å². The van der Waals surface area contributed by atoms with Crippen LogP contribution in [0.2, 0.25) is 0 Å². The van der Waals surface area contributed by atoms with Gasteiger partial charge in [0.05, 0.1) is 18.2 Å². The van der Waals surface area contributed by atoms with Gasteiger partial charge in [-0.05, 0) is 73.2 Å². The summed E-state index contributed by atoms with van der Waals surface area (Å²) in [5.74, 6) is -0.641. The monoisotopic (exact) mass is 469 g/mol. The van der Waals surface area contributed by atoms with E-state index in [-0.39, 0.29) is 17.3 Å². The lowest BCUT2D eigenvalue weighted by Crippen LogP contribution is -2.30. The van der Waals surface area contributed by atoms with Gasteiger partial charge in [0.1, 0.15) is 11.5 Å². The number of aryl methyl sites for hydroxylation is 1. The van der Waals surface area contributed by atoms with Crippen LogP contribution in [-0.2, 0) is 9.59 Å². The Labute approximate surface area is 206 Å². The van der Waals surface area contributed by atoms with Crippen molar-refractivity contribution in [1.29, 1.82) is 0 Å². The van der Waals surface area contributed by atoms with E-state index >= 15 is 0 Å². The Morgan fingerprint density at radius 1 is 1.00 bits per heavy atom. The van der Waals surface area contributed by atoms with E-state index in [0.29, 0.717) is 17.9 Å². The molecule has 1 saturated heterocycles. The number of hydrogen-bond acceptors (Lipinski definition) is 4. The molecule has 1 unspecified atom stereocenters. The zero-order valence-corrected chi connectivity index (χ0v) is 20.8. The third-order valence-electron chi connectivity index (χ3n) is 6.60. The van der Waals surface area contributed by atoms with Crippen molar-refractivity contribution in [2.45, 2.75) is 46.6 Å². The molecule has 0 spiro atoms. The Morgan fingerprint density at radius 2 is 1.71 bits per heavy atom. The molecule has 4 rings (SSSR count). The van der Waals surface area contributed by atoms with Gasteiger partial charge in [-0.25, -0.2) is 0 Å². The molecule has 5 nitrogen and oxygen atoms in total. The predicted octanol–water partition coefficient (Wildman–Crippen LogP) is 6.45. The summed E-state index contributed by atoms with van der Waals surface area (Å²) in [4.78, 5) is 28.4. The third-order valence-corrected chi connectivity index (χ3v) is 6.60. The summed E-state index contributed by atoms with van der Waals surface area (Å²) in [7, 11) is 0. The van der Waals surface area contributed by atoms with E-state index in [1.807, 2.05) is 95.3 Å². The maximum Gasteiger partial charge on any atom is 0.300 e. The van der Waals surface area contributed by atoms with Gasteiger partial charge in [-0.2, -0.15) is 0 Å². The molecule has 0 aromatic heterocycles. The van der Waals surface area contributed by atoms with Crippen LogP contribution in [0.3, 0.4) is 0 Å².